The smallest absolute Gasteiger partial charge is 0.257 e. The Morgan fingerprint density at radius 3 is 2.43 bits per heavy atom. The maximum atomic E-state index is 12.7. The van der Waals surface area contributed by atoms with Gasteiger partial charge in [-0.05, 0) is 49.5 Å². The Labute approximate surface area is 171 Å². The van der Waals surface area contributed by atoms with Crippen LogP contribution in [0.1, 0.15) is 24.2 Å². The van der Waals surface area contributed by atoms with E-state index in [2.05, 4.69) is 33.6 Å². The van der Waals surface area contributed by atoms with Gasteiger partial charge >= 0.3 is 0 Å². The van der Waals surface area contributed by atoms with Gasteiger partial charge in [-0.15, -0.1) is 12.4 Å². The van der Waals surface area contributed by atoms with Crippen LogP contribution in [-0.2, 0) is 6.54 Å². The summed E-state index contributed by atoms with van der Waals surface area (Å²) in [5.74, 6) is 1.11. The van der Waals surface area contributed by atoms with Crippen LogP contribution in [0.2, 0.25) is 0 Å². The summed E-state index contributed by atoms with van der Waals surface area (Å²) in [6, 6.07) is 15.0. The molecule has 0 fully saturated rings. The van der Waals surface area contributed by atoms with Crippen LogP contribution in [0.25, 0.3) is 11.0 Å². The molecule has 0 aliphatic carbocycles. The topological polar surface area (TPSA) is 59.4 Å². The second-order valence-electron chi connectivity index (χ2n) is 6.29. The van der Waals surface area contributed by atoms with Crippen molar-refractivity contribution >= 4 is 35.3 Å². The van der Waals surface area contributed by atoms with Crippen molar-refractivity contribution in [3.8, 4) is 5.75 Å². The van der Waals surface area contributed by atoms with Gasteiger partial charge in [-0.25, -0.2) is 4.98 Å². The molecular formula is C21H27ClN4O2. The standard InChI is InChI=1S/C21H26N4O2.ClH/c1-4-24(5-2)14-15-25-19-9-7-6-8-18(19)22-21(25)23-20(26)16-10-12-17(27-3)13-11-16;/h6-13H,4-5,14-15H2,1-3H3,(H,22,23,26);1H. The molecule has 0 saturated carbocycles. The number of rotatable bonds is 8. The van der Waals surface area contributed by atoms with Crippen LogP contribution in [0.4, 0.5) is 5.95 Å². The summed E-state index contributed by atoms with van der Waals surface area (Å²) in [4.78, 5) is 19.7. The summed E-state index contributed by atoms with van der Waals surface area (Å²) in [5.41, 5.74) is 2.47. The van der Waals surface area contributed by atoms with Crippen LogP contribution in [0.15, 0.2) is 48.5 Å². The van der Waals surface area contributed by atoms with E-state index in [1.807, 2.05) is 24.3 Å². The van der Waals surface area contributed by atoms with Crippen molar-refractivity contribution < 1.29 is 9.53 Å². The Kier molecular flexibility index (Phi) is 7.84. The van der Waals surface area contributed by atoms with Crippen molar-refractivity contribution in [1.29, 1.82) is 0 Å². The van der Waals surface area contributed by atoms with Crippen LogP contribution in [0.3, 0.4) is 0 Å². The van der Waals surface area contributed by atoms with Crippen molar-refractivity contribution in [3.63, 3.8) is 0 Å². The number of para-hydroxylation sites is 2. The Bertz CT molecular complexity index is 904. The lowest BCUT2D eigenvalue weighted by molar-refractivity contribution is 0.102. The second-order valence-corrected chi connectivity index (χ2v) is 6.29. The Balaban J connectivity index is 0.00000280. The third-order valence-corrected chi connectivity index (χ3v) is 4.77. The van der Waals surface area contributed by atoms with Gasteiger partial charge in [0.1, 0.15) is 5.75 Å². The van der Waals surface area contributed by atoms with E-state index in [1.54, 1.807) is 31.4 Å². The van der Waals surface area contributed by atoms with Crippen LogP contribution in [0.5, 0.6) is 5.75 Å². The third kappa shape index (κ3) is 4.82. The van der Waals surface area contributed by atoms with Crippen LogP contribution in [0, 0.1) is 0 Å². The van der Waals surface area contributed by atoms with Crippen molar-refractivity contribution in [2.75, 3.05) is 32.1 Å². The minimum Gasteiger partial charge on any atom is -0.497 e. The number of fused-ring (bicyclic) bond motifs is 1. The molecule has 1 aromatic heterocycles. The fraction of sp³-hybridized carbons (Fsp3) is 0.333. The van der Waals surface area contributed by atoms with Crippen molar-refractivity contribution in [2.24, 2.45) is 0 Å². The number of aromatic nitrogens is 2. The molecule has 0 aliphatic heterocycles. The monoisotopic (exact) mass is 402 g/mol. The molecule has 0 atom stereocenters. The second kappa shape index (κ2) is 10.1. The van der Waals surface area contributed by atoms with Gasteiger partial charge < -0.3 is 14.2 Å². The van der Waals surface area contributed by atoms with E-state index in [0.29, 0.717) is 11.5 Å². The van der Waals surface area contributed by atoms with Gasteiger partial charge in [-0.2, -0.15) is 0 Å². The molecule has 150 valence electrons. The minimum atomic E-state index is -0.183. The number of nitrogens with one attached hydrogen (secondary N) is 1. The molecule has 0 unspecified atom stereocenters. The lowest BCUT2D eigenvalue weighted by Gasteiger charge is -2.19. The highest BCUT2D eigenvalue weighted by molar-refractivity contribution is 6.04. The zero-order valence-electron chi connectivity index (χ0n) is 16.5. The van der Waals surface area contributed by atoms with Gasteiger partial charge in [0.05, 0.1) is 18.1 Å². The predicted octanol–water partition coefficient (Wildman–Crippen LogP) is 4.06. The number of amides is 1. The number of halogens is 1. The number of carbonyl (C=O) groups is 1. The first kappa shape index (κ1) is 21.7. The van der Waals surface area contributed by atoms with E-state index in [-0.39, 0.29) is 18.3 Å². The summed E-state index contributed by atoms with van der Waals surface area (Å²) in [5, 5.41) is 2.97. The van der Waals surface area contributed by atoms with Crippen LogP contribution < -0.4 is 10.1 Å². The summed E-state index contributed by atoms with van der Waals surface area (Å²) in [6.45, 7) is 7.97. The molecule has 28 heavy (non-hydrogen) atoms. The summed E-state index contributed by atoms with van der Waals surface area (Å²) >= 11 is 0. The highest BCUT2D eigenvalue weighted by atomic mass is 35.5. The average Bonchev–Trinajstić information content (AvgIpc) is 3.06. The SMILES string of the molecule is CCN(CC)CCn1c(NC(=O)c2ccc(OC)cc2)nc2ccccc21.Cl. The van der Waals surface area contributed by atoms with Gasteiger partial charge in [0.2, 0.25) is 5.95 Å². The molecule has 1 N–H and O–H groups in total. The number of benzene rings is 2. The number of methoxy groups -OCH3 is 1. The van der Waals surface area contributed by atoms with Gasteiger partial charge in [0.25, 0.3) is 5.91 Å². The number of ether oxygens (including phenoxy) is 1. The molecule has 1 amide bonds. The quantitative estimate of drug-likeness (QED) is 0.617. The molecule has 7 heteroatoms. The predicted molar refractivity (Wildman–Crippen MR) is 116 cm³/mol. The maximum Gasteiger partial charge on any atom is 0.257 e. The fourth-order valence-electron chi connectivity index (χ4n) is 3.09. The first-order valence-corrected chi connectivity index (χ1v) is 9.29. The van der Waals surface area contributed by atoms with E-state index in [9.17, 15) is 4.79 Å². The number of hydrogen-bond donors (Lipinski definition) is 1. The van der Waals surface area contributed by atoms with Gasteiger partial charge in [-0.3, -0.25) is 10.1 Å². The first-order chi connectivity index (χ1) is 13.2. The van der Waals surface area contributed by atoms with Crippen LogP contribution in [-0.4, -0.2) is 47.1 Å². The van der Waals surface area contributed by atoms with Crippen molar-refractivity contribution in [3.05, 3.63) is 54.1 Å². The largest absolute Gasteiger partial charge is 0.497 e. The van der Waals surface area contributed by atoms with E-state index >= 15 is 0 Å². The van der Waals surface area contributed by atoms with E-state index in [4.69, 9.17) is 4.74 Å². The lowest BCUT2D eigenvalue weighted by Crippen LogP contribution is -2.27. The molecule has 1 heterocycles. The normalized spacial score (nSPS) is 10.7. The zero-order chi connectivity index (χ0) is 19.2. The molecule has 0 aliphatic rings. The summed E-state index contributed by atoms with van der Waals surface area (Å²) in [7, 11) is 1.60. The molecular weight excluding hydrogens is 376 g/mol. The Hall–Kier alpha value is -2.57. The molecule has 2 aromatic carbocycles. The molecule has 0 spiro atoms. The summed E-state index contributed by atoms with van der Waals surface area (Å²) < 4.78 is 7.23. The number of carbonyl (C=O) groups excluding carboxylic acids is 1. The van der Waals surface area contributed by atoms with Crippen LogP contribution >= 0.6 is 12.4 Å². The van der Waals surface area contributed by atoms with Gasteiger partial charge in [0, 0.05) is 18.7 Å². The van der Waals surface area contributed by atoms with E-state index in [1.165, 1.54) is 0 Å². The zero-order valence-corrected chi connectivity index (χ0v) is 17.3. The fourth-order valence-corrected chi connectivity index (χ4v) is 3.09. The van der Waals surface area contributed by atoms with Crippen molar-refractivity contribution in [1.82, 2.24) is 14.5 Å². The van der Waals surface area contributed by atoms with Gasteiger partial charge in [0.15, 0.2) is 0 Å². The van der Waals surface area contributed by atoms with E-state index < -0.39 is 0 Å². The molecule has 0 bridgehead atoms. The average molecular weight is 403 g/mol. The minimum absolute atomic E-state index is 0. The molecule has 6 nitrogen and oxygen atoms in total. The number of likely N-dealkylation sites (N-methyl/N-ethyl adjacent to an activating group) is 1. The highest BCUT2D eigenvalue weighted by Crippen LogP contribution is 2.21. The Morgan fingerprint density at radius 1 is 1.11 bits per heavy atom. The number of hydrogen-bond acceptors (Lipinski definition) is 4. The molecule has 3 rings (SSSR count). The number of imidazole rings is 1. The highest BCUT2D eigenvalue weighted by Gasteiger charge is 2.15. The third-order valence-electron chi connectivity index (χ3n) is 4.77. The molecule has 3 aromatic rings. The van der Waals surface area contributed by atoms with Crippen molar-refractivity contribution in [2.45, 2.75) is 20.4 Å². The summed E-state index contributed by atoms with van der Waals surface area (Å²) in [6.07, 6.45) is 0. The maximum absolute atomic E-state index is 12.7. The van der Waals surface area contributed by atoms with Gasteiger partial charge in [-0.1, -0.05) is 26.0 Å². The lowest BCUT2D eigenvalue weighted by atomic mass is 10.2. The first-order valence-electron chi connectivity index (χ1n) is 9.29. The molecule has 0 saturated heterocycles. The van der Waals surface area contributed by atoms with E-state index in [0.717, 1.165) is 43.0 Å². The number of anilines is 1. The molecule has 0 radical (unpaired) electrons. The Morgan fingerprint density at radius 2 is 1.79 bits per heavy atom. The number of nitrogens with zero attached hydrogens (tertiary/aromatic N) is 3.